The summed E-state index contributed by atoms with van der Waals surface area (Å²) in [5.41, 5.74) is 10.8. The van der Waals surface area contributed by atoms with Gasteiger partial charge in [0, 0.05) is 18.4 Å². The number of fused-ring (bicyclic) bond motifs is 1. The van der Waals surface area contributed by atoms with Gasteiger partial charge < -0.3 is 15.8 Å². The third kappa shape index (κ3) is 3.54. The summed E-state index contributed by atoms with van der Waals surface area (Å²) in [7, 11) is 1.66. The lowest BCUT2D eigenvalue weighted by Crippen LogP contribution is -2.31. The Morgan fingerprint density at radius 3 is 2.78 bits per heavy atom. The maximum Gasteiger partial charge on any atom is 0.251 e. The van der Waals surface area contributed by atoms with Crippen LogP contribution in [0.1, 0.15) is 45.9 Å². The summed E-state index contributed by atoms with van der Waals surface area (Å²) in [6.07, 6.45) is 3.05. The van der Waals surface area contributed by atoms with Gasteiger partial charge in [0.1, 0.15) is 0 Å². The van der Waals surface area contributed by atoms with E-state index in [9.17, 15) is 4.79 Å². The van der Waals surface area contributed by atoms with Gasteiger partial charge in [-0.1, -0.05) is 18.2 Å². The highest BCUT2D eigenvalue weighted by Gasteiger charge is 2.22. The number of methoxy groups -OCH3 is 1. The summed E-state index contributed by atoms with van der Waals surface area (Å²) in [6.45, 7) is 0.555. The number of benzene rings is 2. The van der Waals surface area contributed by atoms with Gasteiger partial charge in [0.2, 0.25) is 0 Å². The zero-order valence-electron chi connectivity index (χ0n) is 13.3. The van der Waals surface area contributed by atoms with Gasteiger partial charge >= 0.3 is 0 Å². The van der Waals surface area contributed by atoms with Gasteiger partial charge in [-0.25, -0.2) is 0 Å². The SMILES string of the molecule is COCc1ccc(C(=O)NC2CCCc3cc(N)ccc32)cc1. The van der Waals surface area contributed by atoms with Crippen LogP contribution in [0.3, 0.4) is 0 Å². The lowest BCUT2D eigenvalue weighted by Gasteiger charge is -2.26. The van der Waals surface area contributed by atoms with Gasteiger partial charge in [-0.05, 0) is 60.2 Å². The Bertz CT molecular complexity index is 695. The average Bonchev–Trinajstić information content (AvgIpc) is 2.55. The van der Waals surface area contributed by atoms with Gasteiger partial charge in [-0.2, -0.15) is 0 Å². The lowest BCUT2D eigenvalue weighted by atomic mass is 9.87. The Morgan fingerprint density at radius 2 is 2.04 bits per heavy atom. The molecule has 0 bridgehead atoms. The summed E-state index contributed by atoms with van der Waals surface area (Å²) in [4.78, 5) is 12.5. The molecule has 0 saturated heterocycles. The molecule has 0 aromatic heterocycles. The molecule has 4 nitrogen and oxygen atoms in total. The van der Waals surface area contributed by atoms with E-state index in [4.69, 9.17) is 10.5 Å². The molecule has 1 aliphatic carbocycles. The van der Waals surface area contributed by atoms with Crippen molar-refractivity contribution in [3.05, 3.63) is 64.7 Å². The van der Waals surface area contributed by atoms with Gasteiger partial charge in [-0.15, -0.1) is 0 Å². The number of carbonyl (C=O) groups excluding carboxylic acids is 1. The second-order valence-electron chi connectivity index (χ2n) is 6.01. The summed E-state index contributed by atoms with van der Waals surface area (Å²) in [6, 6.07) is 13.6. The highest BCUT2D eigenvalue weighted by atomic mass is 16.5. The number of nitrogens with one attached hydrogen (secondary N) is 1. The second kappa shape index (κ2) is 6.84. The fourth-order valence-electron chi connectivity index (χ4n) is 3.14. The number of ether oxygens (including phenoxy) is 1. The van der Waals surface area contributed by atoms with E-state index < -0.39 is 0 Å². The maximum atomic E-state index is 12.5. The predicted molar refractivity (Wildman–Crippen MR) is 91.2 cm³/mol. The van der Waals surface area contributed by atoms with Crippen LogP contribution in [0.4, 0.5) is 5.69 Å². The van der Waals surface area contributed by atoms with Crippen LogP contribution in [0.25, 0.3) is 0 Å². The van der Waals surface area contributed by atoms with Gasteiger partial charge in [-0.3, -0.25) is 4.79 Å². The second-order valence-corrected chi connectivity index (χ2v) is 6.01. The minimum absolute atomic E-state index is 0.0383. The van der Waals surface area contributed by atoms with E-state index in [2.05, 4.69) is 5.32 Å². The summed E-state index contributed by atoms with van der Waals surface area (Å²) < 4.78 is 5.09. The first-order chi connectivity index (χ1) is 11.2. The van der Waals surface area contributed by atoms with Gasteiger partial charge in [0.25, 0.3) is 5.91 Å². The molecule has 23 heavy (non-hydrogen) atoms. The first-order valence-corrected chi connectivity index (χ1v) is 7.94. The number of amides is 1. The van der Waals surface area contributed by atoms with Crippen molar-refractivity contribution in [2.24, 2.45) is 0 Å². The average molecular weight is 310 g/mol. The normalized spacial score (nSPS) is 16.7. The van der Waals surface area contributed by atoms with E-state index in [-0.39, 0.29) is 11.9 Å². The molecule has 1 atom stereocenters. The highest BCUT2D eigenvalue weighted by molar-refractivity contribution is 5.94. The van der Waals surface area contributed by atoms with Crippen LogP contribution in [0.2, 0.25) is 0 Å². The molecule has 1 unspecified atom stereocenters. The maximum absolute atomic E-state index is 12.5. The van der Waals surface area contributed by atoms with E-state index in [1.807, 2.05) is 42.5 Å². The standard InChI is InChI=1S/C19H22N2O2/c1-23-12-13-5-7-14(8-6-13)19(22)21-18-4-2-3-15-11-16(20)9-10-17(15)18/h5-11,18H,2-4,12,20H2,1H3,(H,21,22). The Morgan fingerprint density at radius 1 is 1.26 bits per heavy atom. The minimum Gasteiger partial charge on any atom is -0.399 e. The van der Waals surface area contributed by atoms with E-state index >= 15 is 0 Å². The molecule has 0 aliphatic heterocycles. The molecule has 2 aromatic carbocycles. The molecule has 0 fully saturated rings. The quantitative estimate of drug-likeness (QED) is 0.852. The third-order valence-electron chi connectivity index (χ3n) is 4.31. The molecule has 0 spiro atoms. The Hall–Kier alpha value is -2.33. The van der Waals surface area contributed by atoms with Crippen molar-refractivity contribution in [2.75, 3.05) is 12.8 Å². The first kappa shape index (κ1) is 15.6. The first-order valence-electron chi connectivity index (χ1n) is 7.94. The molecule has 0 heterocycles. The van der Waals surface area contributed by atoms with Crippen LogP contribution in [0, 0.1) is 0 Å². The topological polar surface area (TPSA) is 64.3 Å². The zero-order chi connectivity index (χ0) is 16.2. The van der Waals surface area contributed by atoms with Crippen LogP contribution >= 0.6 is 0 Å². The Labute approximate surface area is 136 Å². The third-order valence-corrected chi connectivity index (χ3v) is 4.31. The number of carbonyl (C=O) groups is 1. The van der Waals surface area contributed by atoms with Crippen molar-refractivity contribution < 1.29 is 9.53 Å². The zero-order valence-corrected chi connectivity index (χ0v) is 13.3. The molecular formula is C19H22N2O2. The van der Waals surface area contributed by atoms with Crippen LogP contribution in [0.15, 0.2) is 42.5 Å². The number of rotatable bonds is 4. The summed E-state index contributed by atoms with van der Waals surface area (Å²) >= 11 is 0. The number of aryl methyl sites for hydroxylation is 1. The molecule has 4 heteroatoms. The largest absolute Gasteiger partial charge is 0.399 e. The van der Waals surface area contributed by atoms with E-state index in [0.29, 0.717) is 12.2 Å². The van der Waals surface area contributed by atoms with Gasteiger partial charge in [0.05, 0.1) is 12.6 Å². The van der Waals surface area contributed by atoms with Crippen LogP contribution in [-0.4, -0.2) is 13.0 Å². The van der Waals surface area contributed by atoms with E-state index in [1.165, 1.54) is 11.1 Å². The summed E-state index contributed by atoms with van der Waals surface area (Å²) in [5, 5.41) is 3.15. The van der Waals surface area contributed by atoms with Crippen molar-refractivity contribution in [2.45, 2.75) is 31.9 Å². The molecule has 0 radical (unpaired) electrons. The summed E-state index contributed by atoms with van der Waals surface area (Å²) in [5.74, 6) is -0.0383. The number of nitrogens with two attached hydrogens (primary N) is 1. The van der Waals surface area contributed by atoms with Crippen LogP contribution < -0.4 is 11.1 Å². The molecular weight excluding hydrogens is 288 g/mol. The number of hydrogen-bond donors (Lipinski definition) is 2. The van der Waals surface area contributed by atoms with Crippen LogP contribution in [-0.2, 0) is 17.8 Å². The van der Waals surface area contributed by atoms with Crippen molar-refractivity contribution in [3.63, 3.8) is 0 Å². The van der Waals surface area contributed by atoms with Crippen molar-refractivity contribution in [3.8, 4) is 0 Å². The van der Waals surface area contributed by atoms with Crippen LogP contribution in [0.5, 0.6) is 0 Å². The fraction of sp³-hybridized carbons (Fsp3) is 0.316. The number of nitrogen functional groups attached to an aromatic ring is 1. The molecule has 3 N–H and O–H groups in total. The highest BCUT2D eigenvalue weighted by Crippen LogP contribution is 2.31. The molecule has 120 valence electrons. The molecule has 1 aliphatic rings. The number of anilines is 1. The lowest BCUT2D eigenvalue weighted by molar-refractivity contribution is 0.0932. The molecule has 3 rings (SSSR count). The number of hydrogen-bond acceptors (Lipinski definition) is 3. The van der Waals surface area contributed by atoms with Gasteiger partial charge in [0.15, 0.2) is 0 Å². The van der Waals surface area contributed by atoms with Crippen molar-refractivity contribution >= 4 is 11.6 Å². The van der Waals surface area contributed by atoms with Crippen molar-refractivity contribution in [1.29, 1.82) is 0 Å². The van der Waals surface area contributed by atoms with E-state index in [0.717, 1.165) is 30.5 Å². The monoisotopic (exact) mass is 310 g/mol. The molecule has 1 amide bonds. The van der Waals surface area contributed by atoms with Crippen molar-refractivity contribution in [1.82, 2.24) is 5.32 Å². The van der Waals surface area contributed by atoms with E-state index in [1.54, 1.807) is 7.11 Å². The Balaban J connectivity index is 1.73. The molecule has 2 aromatic rings. The Kier molecular flexibility index (Phi) is 4.63. The fourth-order valence-corrected chi connectivity index (χ4v) is 3.14. The molecule has 0 saturated carbocycles. The smallest absolute Gasteiger partial charge is 0.251 e. The predicted octanol–water partition coefficient (Wildman–Crippen LogP) is 3.22. The minimum atomic E-state index is -0.0383.